The molecule has 1 fully saturated rings. The summed E-state index contributed by atoms with van der Waals surface area (Å²) in [4.78, 5) is 2.48. The fourth-order valence-electron chi connectivity index (χ4n) is 1.69. The average Bonchev–Trinajstić information content (AvgIpc) is 2.37. The molecule has 62 valence electrons. The van der Waals surface area contributed by atoms with Crippen LogP contribution in [0.1, 0.15) is 32.6 Å². The molecule has 0 saturated carbocycles. The Hall–Kier alpha value is -0.550. The van der Waals surface area contributed by atoms with E-state index in [9.17, 15) is 0 Å². The summed E-state index contributed by atoms with van der Waals surface area (Å²) in [5, 5.41) is 8.34. The summed E-state index contributed by atoms with van der Waals surface area (Å²) in [5.41, 5.74) is 0. The van der Waals surface area contributed by atoms with E-state index in [0.29, 0.717) is 6.42 Å². The van der Waals surface area contributed by atoms with E-state index >= 15 is 0 Å². The van der Waals surface area contributed by atoms with Crippen LogP contribution in [-0.4, -0.2) is 24.0 Å². The van der Waals surface area contributed by atoms with Crippen molar-refractivity contribution in [3.05, 3.63) is 0 Å². The van der Waals surface area contributed by atoms with Gasteiger partial charge in [-0.15, -0.1) is 0 Å². The SMILES string of the molecule is CC1CCCN1CCCC#N. The Bertz CT molecular complexity index is 148. The third kappa shape index (κ3) is 2.51. The second kappa shape index (κ2) is 4.35. The minimum atomic E-state index is 0.712. The van der Waals surface area contributed by atoms with Crippen molar-refractivity contribution in [1.29, 1.82) is 5.26 Å². The molecule has 2 heteroatoms. The summed E-state index contributed by atoms with van der Waals surface area (Å²) in [6, 6.07) is 2.94. The first-order valence-corrected chi connectivity index (χ1v) is 4.45. The van der Waals surface area contributed by atoms with Crippen LogP contribution in [0.3, 0.4) is 0 Å². The molecular formula is C9H16N2. The van der Waals surface area contributed by atoms with E-state index in [1.54, 1.807) is 0 Å². The van der Waals surface area contributed by atoms with Gasteiger partial charge in [-0.1, -0.05) is 0 Å². The van der Waals surface area contributed by atoms with Gasteiger partial charge in [0.2, 0.25) is 0 Å². The highest BCUT2D eigenvalue weighted by Gasteiger charge is 2.18. The van der Waals surface area contributed by atoms with Crippen LogP contribution in [-0.2, 0) is 0 Å². The summed E-state index contributed by atoms with van der Waals surface area (Å²) in [7, 11) is 0. The minimum absolute atomic E-state index is 0.712. The Morgan fingerprint density at radius 2 is 2.45 bits per heavy atom. The Morgan fingerprint density at radius 3 is 3.00 bits per heavy atom. The largest absolute Gasteiger partial charge is 0.301 e. The Kier molecular flexibility index (Phi) is 3.38. The van der Waals surface area contributed by atoms with Crippen molar-refractivity contribution in [2.24, 2.45) is 0 Å². The van der Waals surface area contributed by atoms with Gasteiger partial charge in [-0.25, -0.2) is 0 Å². The quantitative estimate of drug-likeness (QED) is 0.576. The second-order valence-corrected chi connectivity index (χ2v) is 3.29. The lowest BCUT2D eigenvalue weighted by atomic mass is 10.2. The zero-order valence-electron chi connectivity index (χ0n) is 7.21. The molecule has 0 spiro atoms. The highest BCUT2D eigenvalue weighted by atomic mass is 15.2. The van der Waals surface area contributed by atoms with Crippen molar-refractivity contribution in [1.82, 2.24) is 4.90 Å². The molecule has 0 aromatic rings. The molecule has 1 atom stereocenters. The van der Waals surface area contributed by atoms with E-state index in [0.717, 1.165) is 19.0 Å². The fraction of sp³-hybridized carbons (Fsp3) is 0.889. The highest BCUT2D eigenvalue weighted by molar-refractivity contribution is 4.77. The summed E-state index contributed by atoms with van der Waals surface area (Å²) >= 11 is 0. The van der Waals surface area contributed by atoms with Crippen LogP contribution in [0.4, 0.5) is 0 Å². The zero-order chi connectivity index (χ0) is 8.10. The van der Waals surface area contributed by atoms with Crippen LogP contribution < -0.4 is 0 Å². The Labute approximate surface area is 68.8 Å². The molecule has 0 bridgehead atoms. The maximum absolute atomic E-state index is 8.34. The highest BCUT2D eigenvalue weighted by Crippen LogP contribution is 2.16. The first-order chi connectivity index (χ1) is 5.34. The number of nitrogens with zero attached hydrogens (tertiary/aromatic N) is 2. The zero-order valence-corrected chi connectivity index (χ0v) is 7.21. The van der Waals surface area contributed by atoms with Crippen molar-refractivity contribution >= 4 is 0 Å². The van der Waals surface area contributed by atoms with E-state index in [1.807, 2.05) is 0 Å². The van der Waals surface area contributed by atoms with Gasteiger partial charge in [-0.05, 0) is 39.3 Å². The first kappa shape index (κ1) is 8.55. The minimum Gasteiger partial charge on any atom is -0.301 e. The number of likely N-dealkylation sites (tertiary alicyclic amines) is 1. The van der Waals surface area contributed by atoms with Crippen LogP contribution in [0, 0.1) is 11.3 Å². The van der Waals surface area contributed by atoms with Gasteiger partial charge in [0.25, 0.3) is 0 Å². The fourth-order valence-corrected chi connectivity index (χ4v) is 1.69. The van der Waals surface area contributed by atoms with Crippen LogP contribution in [0.25, 0.3) is 0 Å². The molecule has 0 N–H and O–H groups in total. The number of rotatable bonds is 3. The van der Waals surface area contributed by atoms with Crippen molar-refractivity contribution in [3.8, 4) is 6.07 Å². The number of hydrogen-bond donors (Lipinski definition) is 0. The Balaban J connectivity index is 2.11. The van der Waals surface area contributed by atoms with Crippen LogP contribution in [0.5, 0.6) is 0 Å². The lowest BCUT2D eigenvalue weighted by molar-refractivity contribution is 0.266. The predicted molar refractivity (Wildman–Crippen MR) is 45.1 cm³/mol. The maximum atomic E-state index is 8.34. The molecule has 1 heterocycles. The van der Waals surface area contributed by atoms with Crippen molar-refractivity contribution in [2.45, 2.75) is 38.6 Å². The lowest BCUT2D eigenvalue weighted by Gasteiger charge is -2.19. The first-order valence-electron chi connectivity index (χ1n) is 4.45. The normalized spacial score (nSPS) is 25.3. The molecule has 1 rings (SSSR count). The third-order valence-electron chi connectivity index (χ3n) is 2.42. The third-order valence-corrected chi connectivity index (χ3v) is 2.42. The lowest BCUT2D eigenvalue weighted by Crippen LogP contribution is -2.27. The van der Waals surface area contributed by atoms with E-state index in [1.165, 1.54) is 19.4 Å². The summed E-state index contributed by atoms with van der Waals surface area (Å²) in [5.74, 6) is 0. The van der Waals surface area contributed by atoms with Crippen LogP contribution in [0.15, 0.2) is 0 Å². The summed E-state index contributed by atoms with van der Waals surface area (Å²) in [6.07, 6.45) is 4.43. The van der Waals surface area contributed by atoms with E-state index in [4.69, 9.17) is 5.26 Å². The number of hydrogen-bond acceptors (Lipinski definition) is 2. The average molecular weight is 152 g/mol. The van der Waals surface area contributed by atoms with Gasteiger partial charge in [-0.3, -0.25) is 0 Å². The molecular weight excluding hydrogens is 136 g/mol. The molecule has 0 aromatic heterocycles. The van der Waals surface area contributed by atoms with Gasteiger partial charge in [0, 0.05) is 12.5 Å². The van der Waals surface area contributed by atoms with Crippen molar-refractivity contribution < 1.29 is 0 Å². The number of nitriles is 1. The van der Waals surface area contributed by atoms with Gasteiger partial charge in [-0.2, -0.15) is 5.26 Å². The summed E-state index contributed by atoms with van der Waals surface area (Å²) < 4.78 is 0. The topological polar surface area (TPSA) is 27.0 Å². The van der Waals surface area contributed by atoms with E-state index < -0.39 is 0 Å². The maximum Gasteiger partial charge on any atom is 0.0622 e. The van der Waals surface area contributed by atoms with E-state index in [-0.39, 0.29) is 0 Å². The van der Waals surface area contributed by atoms with Gasteiger partial charge >= 0.3 is 0 Å². The number of unbranched alkanes of at least 4 members (excludes halogenated alkanes) is 1. The van der Waals surface area contributed by atoms with Crippen molar-refractivity contribution in [2.75, 3.05) is 13.1 Å². The molecule has 1 unspecified atom stereocenters. The van der Waals surface area contributed by atoms with Gasteiger partial charge in [0.1, 0.15) is 0 Å². The van der Waals surface area contributed by atoms with E-state index in [2.05, 4.69) is 17.9 Å². The molecule has 11 heavy (non-hydrogen) atoms. The predicted octanol–water partition coefficient (Wildman–Crippen LogP) is 1.77. The molecule has 2 nitrogen and oxygen atoms in total. The van der Waals surface area contributed by atoms with Gasteiger partial charge in [0.05, 0.1) is 6.07 Å². The van der Waals surface area contributed by atoms with Crippen molar-refractivity contribution in [3.63, 3.8) is 0 Å². The molecule has 1 aliphatic heterocycles. The smallest absolute Gasteiger partial charge is 0.0622 e. The molecule has 0 amide bonds. The second-order valence-electron chi connectivity index (χ2n) is 3.29. The Morgan fingerprint density at radius 1 is 1.64 bits per heavy atom. The molecule has 1 saturated heterocycles. The van der Waals surface area contributed by atoms with Gasteiger partial charge < -0.3 is 4.90 Å². The molecule has 0 radical (unpaired) electrons. The molecule has 1 aliphatic rings. The standard InChI is InChI=1S/C9H16N2/c1-9-5-4-8-11(9)7-3-2-6-10/h9H,2-5,7-8H2,1H3. The van der Waals surface area contributed by atoms with Gasteiger partial charge in [0.15, 0.2) is 0 Å². The van der Waals surface area contributed by atoms with Crippen LogP contribution >= 0.6 is 0 Å². The monoisotopic (exact) mass is 152 g/mol. The molecule has 0 aromatic carbocycles. The van der Waals surface area contributed by atoms with Crippen LogP contribution in [0.2, 0.25) is 0 Å². The summed E-state index contributed by atoms with van der Waals surface area (Å²) in [6.45, 7) is 4.64. The molecule has 0 aliphatic carbocycles.